The van der Waals surface area contributed by atoms with Gasteiger partial charge in [0.2, 0.25) is 11.8 Å². The van der Waals surface area contributed by atoms with Gasteiger partial charge in [0.15, 0.2) is 0 Å². The highest BCUT2D eigenvalue weighted by molar-refractivity contribution is 5.80. The van der Waals surface area contributed by atoms with Crippen LogP contribution in [0.25, 0.3) is 0 Å². The van der Waals surface area contributed by atoms with E-state index in [1.165, 1.54) is 19.6 Å². The number of piperidine rings is 1. The Kier molecular flexibility index (Phi) is 17.7. The molecule has 2 atom stereocenters. The third-order valence-corrected chi connectivity index (χ3v) is 6.89. The summed E-state index contributed by atoms with van der Waals surface area (Å²) in [6, 6.07) is -1.03. The summed E-state index contributed by atoms with van der Waals surface area (Å²) in [5.41, 5.74) is 0. The van der Waals surface area contributed by atoms with Gasteiger partial charge in [-0.3, -0.25) is 38.7 Å². The number of likely N-dealkylation sites (tertiary alicyclic amines) is 1. The molecule has 2 unspecified atom stereocenters. The van der Waals surface area contributed by atoms with Gasteiger partial charge < -0.3 is 45.5 Å². The lowest BCUT2D eigenvalue weighted by molar-refractivity contribution is -0.144. The van der Waals surface area contributed by atoms with Crippen LogP contribution in [0.2, 0.25) is 0 Å². The number of aliphatic hydroxyl groups is 4. The third-order valence-electron chi connectivity index (χ3n) is 6.89. The van der Waals surface area contributed by atoms with Crippen LogP contribution in [0.1, 0.15) is 19.3 Å². The minimum atomic E-state index is -1.21. The summed E-state index contributed by atoms with van der Waals surface area (Å²) in [4.78, 5) is 67.4. The lowest BCUT2D eigenvalue weighted by atomic mass is 9.94. The first kappa shape index (κ1) is 37.1. The van der Waals surface area contributed by atoms with Crippen molar-refractivity contribution in [3.05, 3.63) is 0 Å². The average molecular weight is 608 g/mol. The molecule has 7 N–H and O–H groups in total. The van der Waals surface area contributed by atoms with E-state index in [2.05, 4.69) is 0 Å². The molecule has 1 heterocycles. The lowest BCUT2D eigenvalue weighted by Crippen LogP contribution is -2.58. The highest BCUT2D eigenvalue weighted by Crippen LogP contribution is 2.25. The van der Waals surface area contributed by atoms with E-state index in [0.29, 0.717) is 19.3 Å². The number of aliphatic hydroxyl groups excluding tert-OH is 4. The Balaban J connectivity index is 3.17. The number of rotatable bonds is 22. The van der Waals surface area contributed by atoms with Crippen molar-refractivity contribution in [3.63, 3.8) is 0 Å². The fraction of sp³-hybridized carbons (Fsp3) is 0.800. The van der Waals surface area contributed by atoms with Gasteiger partial charge in [-0.2, -0.15) is 0 Å². The largest absolute Gasteiger partial charge is 0.480 e. The van der Waals surface area contributed by atoms with Gasteiger partial charge in [0.05, 0.1) is 59.2 Å². The third kappa shape index (κ3) is 13.8. The molecule has 1 fully saturated rings. The number of carboxylic acid groups (broad SMARTS) is 3. The summed E-state index contributed by atoms with van der Waals surface area (Å²) >= 11 is 0. The van der Waals surface area contributed by atoms with E-state index in [9.17, 15) is 59.7 Å². The van der Waals surface area contributed by atoms with Gasteiger partial charge in [0.25, 0.3) is 0 Å². The first-order valence-electron chi connectivity index (χ1n) is 13.8. The van der Waals surface area contributed by atoms with Crippen LogP contribution < -0.4 is 0 Å². The zero-order valence-corrected chi connectivity index (χ0v) is 23.8. The van der Waals surface area contributed by atoms with Crippen LogP contribution in [0.15, 0.2) is 0 Å². The molecule has 17 nitrogen and oxygen atoms in total. The topological polar surface area (TPSA) is 243 Å². The van der Waals surface area contributed by atoms with Gasteiger partial charge in [0.1, 0.15) is 0 Å². The molecule has 0 bridgehead atoms. The van der Waals surface area contributed by atoms with Crippen LogP contribution in [-0.4, -0.2) is 200 Å². The Morgan fingerprint density at radius 3 is 1.21 bits per heavy atom. The molecule has 1 rings (SSSR count). The zero-order chi connectivity index (χ0) is 31.7. The first-order valence-corrected chi connectivity index (χ1v) is 13.8. The molecule has 0 aromatic heterocycles. The van der Waals surface area contributed by atoms with Crippen LogP contribution in [0.4, 0.5) is 0 Å². The highest BCUT2D eigenvalue weighted by Gasteiger charge is 2.35. The number of hydrogen-bond acceptors (Lipinski definition) is 12. The number of aliphatic carboxylic acids is 3. The maximum atomic E-state index is 12.8. The number of hydrogen-bond donors (Lipinski definition) is 7. The van der Waals surface area contributed by atoms with E-state index in [4.69, 9.17) is 0 Å². The molecule has 0 radical (unpaired) electrons. The number of carboxylic acids is 3. The average Bonchev–Trinajstić information content (AvgIpc) is 2.89. The molecule has 1 saturated heterocycles. The van der Waals surface area contributed by atoms with Gasteiger partial charge in [0, 0.05) is 51.4 Å². The molecule has 1 aliphatic rings. The second-order valence-corrected chi connectivity index (χ2v) is 10.1. The van der Waals surface area contributed by atoms with E-state index in [1.807, 2.05) is 0 Å². The van der Waals surface area contributed by atoms with E-state index in [0.717, 1.165) is 0 Å². The molecule has 0 spiro atoms. The maximum absolute atomic E-state index is 12.8. The monoisotopic (exact) mass is 607 g/mol. The molecule has 0 aromatic rings. The molecule has 42 heavy (non-hydrogen) atoms. The van der Waals surface area contributed by atoms with Crippen molar-refractivity contribution in [1.29, 1.82) is 0 Å². The summed E-state index contributed by atoms with van der Waals surface area (Å²) in [6.07, 6.45) is 1.55. The maximum Gasteiger partial charge on any atom is 0.317 e. The summed E-state index contributed by atoms with van der Waals surface area (Å²) in [7, 11) is 0. The van der Waals surface area contributed by atoms with Crippen LogP contribution >= 0.6 is 0 Å². The molecule has 0 aliphatic carbocycles. The van der Waals surface area contributed by atoms with Crippen LogP contribution in [0, 0.1) is 0 Å². The Bertz CT molecular complexity index is 807. The Hall–Kier alpha value is -2.93. The van der Waals surface area contributed by atoms with Gasteiger partial charge in [-0.1, -0.05) is 6.42 Å². The second-order valence-electron chi connectivity index (χ2n) is 10.1. The summed E-state index contributed by atoms with van der Waals surface area (Å²) in [6.45, 7) is -3.79. The van der Waals surface area contributed by atoms with Crippen molar-refractivity contribution in [3.8, 4) is 0 Å². The Labute approximate surface area is 244 Å². The smallest absolute Gasteiger partial charge is 0.317 e. The van der Waals surface area contributed by atoms with Crippen molar-refractivity contribution < 1.29 is 59.7 Å². The van der Waals surface area contributed by atoms with Crippen LogP contribution in [0.3, 0.4) is 0 Å². The Morgan fingerprint density at radius 1 is 0.571 bits per heavy atom. The van der Waals surface area contributed by atoms with Gasteiger partial charge in [-0.15, -0.1) is 0 Å². The fourth-order valence-corrected chi connectivity index (χ4v) is 5.16. The normalized spacial score (nSPS) is 17.4. The predicted molar refractivity (Wildman–Crippen MR) is 145 cm³/mol. The summed E-state index contributed by atoms with van der Waals surface area (Å²) in [5.74, 6) is -4.62. The van der Waals surface area contributed by atoms with Gasteiger partial charge in [-0.05, 0) is 12.8 Å². The summed E-state index contributed by atoms with van der Waals surface area (Å²) < 4.78 is 0. The quantitative estimate of drug-likeness (QED) is 0.0615. The molecular formula is C25H45N5O12. The molecule has 1 aliphatic heterocycles. The minimum absolute atomic E-state index is 0.00650. The van der Waals surface area contributed by atoms with Crippen molar-refractivity contribution >= 4 is 29.7 Å². The van der Waals surface area contributed by atoms with E-state index in [1.54, 1.807) is 4.90 Å². The van der Waals surface area contributed by atoms with Gasteiger partial charge in [-0.25, -0.2) is 0 Å². The number of nitrogens with zero attached hydrogens (tertiary/aromatic N) is 5. The summed E-state index contributed by atoms with van der Waals surface area (Å²) in [5, 5.41) is 65.5. The predicted octanol–water partition coefficient (Wildman–Crippen LogP) is -4.31. The fourth-order valence-electron chi connectivity index (χ4n) is 5.16. The SMILES string of the molecule is O=C(O)CN(CC(=O)N(CCO)CCO)CC1CCCC(CN(CC(=O)O)CC(=O)N(CCO)CCO)N1CC(=O)O. The van der Waals surface area contributed by atoms with Gasteiger partial charge >= 0.3 is 17.9 Å². The van der Waals surface area contributed by atoms with E-state index in [-0.39, 0.29) is 78.8 Å². The zero-order valence-electron chi connectivity index (χ0n) is 23.8. The van der Waals surface area contributed by atoms with Crippen LogP contribution in [-0.2, 0) is 24.0 Å². The van der Waals surface area contributed by atoms with Crippen LogP contribution in [0.5, 0.6) is 0 Å². The molecule has 242 valence electrons. The molecule has 0 saturated carbocycles. The Morgan fingerprint density at radius 2 is 0.929 bits per heavy atom. The van der Waals surface area contributed by atoms with Crippen molar-refractivity contribution in [1.82, 2.24) is 24.5 Å². The van der Waals surface area contributed by atoms with E-state index >= 15 is 0 Å². The number of amides is 2. The molecule has 2 amide bonds. The second kappa shape index (κ2) is 20.1. The number of carbonyl (C=O) groups is 5. The minimum Gasteiger partial charge on any atom is -0.480 e. The molecule has 0 aromatic carbocycles. The first-order chi connectivity index (χ1) is 19.9. The van der Waals surface area contributed by atoms with E-state index < -0.39 is 61.4 Å². The van der Waals surface area contributed by atoms with Crippen molar-refractivity contribution in [2.45, 2.75) is 31.3 Å². The van der Waals surface area contributed by atoms with Crippen molar-refractivity contribution in [2.24, 2.45) is 0 Å². The number of carbonyl (C=O) groups excluding carboxylic acids is 2. The standard InChI is InChI=1S/C25H45N5O12/c31-8-4-28(5-9-32)21(35)14-26(16-23(37)38)12-19-2-1-3-20(30(19)18-25(41)42)13-27(17-24(39)40)15-22(36)29(6-10-33)7-11-34/h19-20,31-34H,1-18H2,(H,37,38)(H,39,40)(H,41,42). The van der Waals surface area contributed by atoms with Crippen molar-refractivity contribution in [2.75, 3.05) is 98.4 Å². The highest BCUT2D eigenvalue weighted by atomic mass is 16.4. The molecular weight excluding hydrogens is 562 g/mol. The molecule has 17 heteroatoms. The lowest BCUT2D eigenvalue weighted by Gasteiger charge is -2.44.